The van der Waals surface area contributed by atoms with Crippen molar-refractivity contribution in [2.24, 2.45) is 5.92 Å². The Hall–Kier alpha value is -0.429. The Morgan fingerprint density at radius 1 is 0.707 bits per heavy atom. The van der Waals surface area contributed by atoms with Crippen LogP contribution in [0.1, 0.15) is 83.1 Å². The predicted octanol–water partition coefficient (Wildman–Crippen LogP) is 8.62. The second-order valence-electron chi connectivity index (χ2n) is 16.5. The van der Waals surface area contributed by atoms with Gasteiger partial charge in [0.25, 0.3) is 0 Å². The summed E-state index contributed by atoms with van der Waals surface area (Å²) in [6, 6.07) is 0. The fraction of sp³-hybridized carbons (Fsp3) is 0.879. The highest BCUT2D eigenvalue weighted by molar-refractivity contribution is 6.87. The average molecular weight is 625 g/mol. The highest BCUT2D eigenvalue weighted by atomic mass is 28.4. The number of methoxy groups -OCH3 is 1. The minimum atomic E-state index is -2.27. The van der Waals surface area contributed by atoms with Gasteiger partial charge < -0.3 is 23.1 Å². The molecule has 0 aromatic heterocycles. The zero-order valence-corrected chi connectivity index (χ0v) is 33.1. The Labute approximate surface area is 257 Å². The van der Waals surface area contributed by atoms with E-state index in [-0.39, 0.29) is 39.3 Å². The molecule has 0 unspecified atom stereocenters. The molecule has 1 fully saturated rings. The molecular weight excluding hydrogens is 561 g/mol. The second kappa shape index (κ2) is 13.7. The van der Waals surface area contributed by atoms with Gasteiger partial charge in [-0.3, -0.25) is 0 Å². The highest BCUT2D eigenvalue weighted by Gasteiger charge is 2.54. The van der Waals surface area contributed by atoms with E-state index in [0.29, 0.717) is 0 Å². The topological polar surface area (TPSA) is 46.2 Å². The van der Waals surface area contributed by atoms with Crippen LogP contribution < -0.4 is 0 Å². The third-order valence-electron chi connectivity index (χ3n) is 9.98. The van der Waals surface area contributed by atoms with Crippen molar-refractivity contribution in [3.8, 4) is 23.3 Å². The van der Waals surface area contributed by atoms with E-state index in [1.165, 1.54) is 0 Å². The molecule has 1 rings (SSSR count). The quantitative estimate of drug-likeness (QED) is 0.200. The van der Waals surface area contributed by atoms with Gasteiger partial charge in [-0.1, -0.05) is 87.2 Å². The van der Waals surface area contributed by atoms with E-state index in [4.69, 9.17) is 23.1 Å². The normalized spacial score (nSPS) is 26.4. The van der Waals surface area contributed by atoms with Gasteiger partial charge in [0.15, 0.2) is 22.9 Å². The number of hydrogen-bond donors (Lipinski definition) is 0. The van der Waals surface area contributed by atoms with Crippen LogP contribution in [-0.4, -0.2) is 68.6 Å². The fourth-order valence-corrected chi connectivity index (χ4v) is 7.32. The molecule has 5 nitrogen and oxygen atoms in total. The molecule has 238 valence electrons. The van der Waals surface area contributed by atoms with E-state index in [0.717, 1.165) is 0 Å². The minimum absolute atomic E-state index is 0.00672. The Bertz CT molecular complexity index is 979. The molecule has 41 heavy (non-hydrogen) atoms. The van der Waals surface area contributed by atoms with Crippen molar-refractivity contribution < 1.29 is 23.1 Å². The molecule has 0 bridgehead atoms. The first-order valence-corrected chi connectivity index (χ1v) is 24.2. The average Bonchev–Trinajstić information content (AvgIpc) is 2.76. The zero-order valence-electron chi connectivity index (χ0n) is 30.1. The van der Waals surface area contributed by atoms with Crippen LogP contribution in [0.15, 0.2) is 0 Å². The highest BCUT2D eigenvalue weighted by Crippen LogP contribution is 2.44. The van der Waals surface area contributed by atoms with E-state index < -0.39 is 43.2 Å². The first-order chi connectivity index (χ1) is 18.2. The van der Waals surface area contributed by atoms with Gasteiger partial charge in [-0.25, -0.2) is 0 Å². The molecule has 1 aliphatic rings. The molecule has 0 spiro atoms. The maximum atomic E-state index is 7.18. The Kier molecular flexibility index (Phi) is 12.9. The third kappa shape index (κ3) is 9.78. The molecule has 1 saturated heterocycles. The number of ether oxygens (including phenoxy) is 3. The summed E-state index contributed by atoms with van der Waals surface area (Å²) >= 11 is 0. The standard InChI is InChI=1S/C33H64O5Si3/c1-20-21-24(2)26(22-23-39(14,15)31(4,5)6)36-30-29(38-41(18,19)33(10,11)12)28(27(34-13)25(3)35-30)37-40(16,17)32(7,8)9/h24-30H,1-19H3/t24-,25+,26-,27+,28-,29+,30+/m1/s1. The van der Waals surface area contributed by atoms with E-state index in [1.54, 1.807) is 7.11 Å². The largest absolute Gasteiger partial charge is 0.408 e. The van der Waals surface area contributed by atoms with E-state index in [9.17, 15) is 0 Å². The van der Waals surface area contributed by atoms with Gasteiger partial charge in [-0.2, -0.15) is 0 Å². The van der Waals surface area contributed by atoms with Gasteiger partial charge in [-0.15, -0.1) is 11.5 Å². The Balaban J connectivity index is 3.76. The summed E-state index contributed by atoms with van der Waals surface area (Å²) in [5.74, 6) is 9.82. The van der Waals surface area contributed by atoms with Crippen LogP contribution in [0.5, 0.6) is 0 Å². The van der Waals surface area contributed by atoms with Gasteiger partial charge in [0.2, 0.25) is 0 Å². The van der Waals surface area contributed by atoms with E-state index in [2.05, 4.69) is 132 Å². The second-order valence-corrected chi connectivity index (χ2v) is 31.0. The predicted molar refractivity (Wildman–Crippen MR) is 182 cm³/mol. The summed E-state index contributed by atoms with van der Waals surface area (Å²) in [7, 11) is -4.61. The minimum Gasteiger partial charge on any atom is -0.408 e. The maximum Gasteiger partial charge on any atom is 0.192 e. The van der Waals surface area contributed by atoms with Crippen molar-refractivity contribution in [2.45, 2.75) is 174 Å². The van der Waals surface area contributed by atoms with Gasteiger partial charge in [0, 0.05) is 7.11 Å². The summed E-state index contributed by atoms with van der Waals surface area (Å²) in [5.41, 5.74) is 3.68. The van der Waals surface area contributed by atoms with Crippen molar-refractivity contribution in [1.82, 2.24) is 0 Å². The van der Waals surface area contributed by atoms with Crippen molar-refractivity contribution in [3.05, 3.63) is 0 Å². The third-order valence-corrected chi connectivity index (χ3v) is 23.4. The van der Waals surface area contributed by atoms with Crippen LogP contribution >= 0.6 is 0 Å². The molecule has 0 aromatic rings. The molecule has 0 amide bonds. The lowest BCUT2D eigenvalue weighted by Gasteiger charge is -2.52. The lowest BCUT2D eigenvalue weighted by atomic mass is 9.99. The summed E-state index contributed by atoms with van der Waals surface area (Å²) in [5, 5.41) is 0.155. The van der Waals surface area contributed by atoms with Crippen LogP contribution in [0.25, 0.3) is 0 Å². The van der Waals surface area contributed by atoms with Crippen LogP contribution in [0.2, 0.25) is 54.4 Å². The van der Waals surface area contributed by atoms with Crippen LogP contribution in [0.3, 0.4) is 0 Å². The van der Waals surface area contributed by atoms with E-state index >= 15 is 0 Å². The number of rotatable bonds is 8. The molecule has 0 saturated carbocycles. The first-order valence-electron chi connectivity index (χ1n) is 15.4. The molecule has 1 heterocycles. The van der Waals surface area contributed by atoms with Crippen molar-refractivity contribution >= 4 is 24.7 Å². The molecule has 0 aromatic carbocycles. The van der Waals surface area contributed by atoms with Crippen molar-refractivity contribution in [1.29, 1.82) is 0 Å². The lowest BCUT2D eigenvalue weighted by molar-refractivity contribution is -0.298. The Morgan fingerprint density at radius 3 is 1.56 bits per heavy atom. The van der Waals surface area contributed by atoms with Gasteiger partial charge in [-0.05, 0) is 62.1 Å². The SMILES string of the molecule is CC#C[C@@H](C)[C@@H](C#C[Si](C)(C)C(C)(C)C)O[C@@H]1O[C@@H](C)[C@H](OC)[C@@H](O[Si](C)(C)C(C)(C)C)[C@@H]1O[Si](C)(C)C(C)(C)C. The van der Waals surface area contributed by atoms with Crippen LogP contribution in [-0.2, 0) is 23.1 Å². The molecule has 1 aliphatic heterocycles. The molecule has 0 radical (unpaired) electrons. The smallest absolute Gasteiger partial charge is 0.192 e. The molecule has 8 heteroatoms. The summed E-state index contributed by atoms with van der Waals surface area (Å²) in [6.45, 7) is 40.1. The Morgan fingerprint density at radius 2 is 1.17 bits per heavy atom. The monoisotopic (exact) mass is 624 g/mol. The van der Waals surface area contributed by atoms with Gasteiger partial charge in [0.1, 0.15) is 32.5 Å². The van der Waals surface area contributed by atoms with Crippen molar-refractivity contribution in [2.75, 3.05) is 7.11 Å². The summed E-state index contributed by atoms with van der Waals surface area (Å²) in [6.07, 6.45) is -2.44. The van der Waals surface area contributed by atoms with Crippen molar-refractivity contribution in [3.63, 3.8) is 0 Å². The van der Waals surface area contributed by atoms with E-state index in [1.807, 2.05) is 13.8 Å². The molecular formula is C33H64O5Si3. The summed E-state index contributed by atoms with van der Waals surface area (Å²) < 4.78 is 33.9. The first kappa shape index (κ1) is 38.6. The van der Waals surface area contributed by atoms with Crippen LogP contribution in [0, 0.1) is 29.2 Å². The van der Waals surface area contributed by atoms with Crippen LogP contribution in [0.4, 0.5) is 0 Å². The maximum absolute atomic E-state index is 7.18. The zero-order chi connectivity index (χ0) is 32.4. The fourth-order valence-electron chi connectivity index (χ4n) is 3.87. The number of hydrogen-bond acceptors (Lipinski definition) is 5. The molecule has 0 N–H and O–H groups in total. The van der Waals surface area contributed by atoms with Gasteiger partial charge in [0.05, 0.1) is 12.0 Å². The molecule has 0 aliphatic carbocycles. The lowest BCUT2D eigenvalue weighted by Crippen LogP contribution is -2.65. The summed E-state index contributed by atoms with van der Waals surface area (Å²) in [4.78, 5) is 0. The van der Waals surface area contributed by atoms with Gasteiger partial charge >= 0.3 is 0 Å². The molecule has 7 atom stereocenters.